The van der Waals surface area contributed by atoms with Crippen molar-refractivity contribution in [3.05, 3.63) is 0 Å². The van der Waals surface area contributed by atoms with Gasteiger partial charge in [0.25, 0.3) is 0 Å². The summed E-state index contributed by atoms with van der Waals surface area (Å²) in [5.74, 6) is 0. The molecule has 7 N–H and O–H groups in total. The van der Waals surface area contributed by atoms with Gasteiger partial charge in [0.1, 0.15) is 48.8 Å². The summed E-state index contributed by atoms with van der Waals surface area (Å²) in [7, 11) is 0. The molecule has 0 amide bonds. The Morgan fingerprint density at radius 3 is 1.09 bits per heavy atom. The van der Waals surface area contributed by atoms with Crippen molar-refractivity contribution in [3.8, 4) is 0 Å². The van der Waals surface area contributed by atoms with E-state index < -0.39 is 74.6 Å². The third-order valence-corrected chi connectivity index (χ3v) is 12.3. The molecular weight excluding hydrogens is 728 g/mol. The molecule has 0 spiro atoms. The zero-order valence-electron chi connectivity index (χ0n) is 36.4. The van der Waals surface area contributed by atoms with E-state index in [1.165, 1.54) is 161 Å². The normalized spacial score (nSPS) is 28.6. The van der Waals surface area contributed by atoms with Gasteiger partial charge in [-0.05, 0) is 12.8 Å². The summed E-state index contributed by atoms with van der Waals surface area (Å²) in [6.07, 6.45) is 24.4. The minimum absolute atomic E-state index is 0.182. The van der Waals surface area contributed by atoms with Crippen molar-refractivity contribution < 1.29 is 54.7 Å². The topological polar surface area (TPSA) is 179 Å². The van der Waals surface area contributed by atoms with E-state index in [9.17, 15) is 35.7 Å². The van der Waals surface area contributed by atoms with Crippen LogP contribution in [0.2, 0.25) is 0 Å². The Hall–Kier alpha value is -0.440. The molecule has 2 fully saturated rings. The number of aliphatic hydroxyl groups is 7. The van der Waals surface area contributed by atoms with E-state index in [1.54, 1.807) is 0 Å². The van der Waals surface area contributed by atoms with Gasteiger partial charge in [-0.2, -0.15) is 0 Å². The molecule has 340 valence electrons. The van der Waals surface area contributed by atoms with Crippen LogP contribution < -0.4 is 0 Å². The molecule has 0 aromatic carbocycles. The van der Waals surface area contributed by atoms with E-state index in [1.807, 2.05) is 0 Å². The van der Waals surface area contributed by atoms with Crippen molar-refractivity contribution in [2.75, 3.05) is 13.2 Å². The van der Waals surface area contributed by atoms with Gasteiger partial charge in [-0.15, -0.1) is 0 Å². The highest BCUT2D eigenvalue weighted by Crippen LogP contribution is 2.31. The molecule has 0 aromatic rings. The van der Waals surface area contributed by atoms with Crippen LogP contribution in [0, 0.1) is 0 Å². The first kappa shape index (κ1) is 52.7. The predicted molar refractivity (Wildman–Crippen MR) is 226 cm³/mol. The molecule has 0 aliphatic carbocycles. The van der Waals surface area contributed by atoms with Crippen LogP contribution in [-0.2, 0) is 18.9 Å². The van der Waals surface area contributed by atoms with Crippen LogP contribution in [0.3, 0.4) is 0 Å². The Balaban J connectivity index is 1.79. The molecule has 0 aromatic heterocycles. The van der Waals surface area contributed by atoms with Gasteiger partial charge in [-0.25, -0.2) is 0 Å². The lowest BCUT2D eigenvalue weighted by Crippen LogP contribution is -2.64. The smallest absolute Gasteiger partial charge is 0.187 e. The minimum atomic E-state index is -1.70. The first-order valence-electron chi connectivity index (χ1n) is 24.0. The van der Waals surface area contributed by atoms with Gasteiger partial charge < -0.3 is 54.7 Å². The molecule has 2 rings (SSSR count). The quantitative estimate of drug-likeness (QED) is 0.0301. The lowest BCUT2D eigenvalue weighted by Gasteiger charge is -2.46. The van der Waals surface area contributed by atoms with Crippen molar-refractivity contribution in [2.45, 2.75) is 280 Å². The summed E-state index contributed by atoms with van der Waals surface area (Å²) in [4.78, 5) is 0. The summed E-state index contributed by atoms with van der Waals surface area (Å²) >= 11 is 0. The zero-order valence-corrected chi connectivity index (χ0v) is 36.4. The summed E-state index contributed by atoms with van der Waals surface area (Å²) in [5.41, 5.74) is 0. The predicted octanol–water partition coefficient (Wildman–Crippen LogP) is 8.13. The molecule has 11 unspecified atom stereocenters. The third-order valence-electron chi connectivity index (χ3n) is 12.3. The van der Waals surface area contributed by atoms with Gasteiger partial charge in [0.15, 0.2) is 12.6 Å². The summed E-state index contributed by atoms with van der Waals surface area (Å²) in [6.45, 7) is 3.31. The number of rotatable bonds is 37. The van der Waals surface area contributed by atoms with Crippen LogP contribution in [0.15, 0.2) is 0 Å². The van der Waals surface area contributed by atoms with Gasteiger partial charge in [0, 0.05) is 0 Å². The number of unbranched alkanes of at least 4 members (excludes halogenated alkanes) is 27. The molecule has 0 bridgehead atoms. The summed E-state index contributed by atoms with van der Waals surface area (Å²) < 4.78 is 23.6. The highest BCUT2D eigenvalue weighted by Gasteiger charge is 2.51. The SMILES string of the molecule is CCCCCCCCCCCCCCCCCC(CCCCCCCCCCCCCCCC)OC1OC(CO)C(OC2OC(CO)C(O)C(O)C2O)C(O)C1O. The fourth-order valence-electron chi connectivity index (χ4n) is 8.45. The van der Waals surface area contributed by atoms with Crippen LogP contribution in [0.5, 0.6) is 0 Å². The first-order valence-corrected chi connectivity index (χ1v) is 24.0. The van der Waals surface area contributed by atoms with Crippen molar-refractivity contribution >= 4 is 0 Å². The van der Waals surface area contributed by atoms with Crippen molar-refractivity contribution in [2.24, 2.45) is 0 Å². The maximum atomic E-state index is 11.2. The number of aliphatic hydroxyl groups excluding tert-OH is 7. The lowest BCUT2D eigenvalue weighted by atomic mass is 9.96. The van der Waals surface area contributed by atoms with Gasteiger partial charge in [0.05, 0.1) is 19.3 Å². The fourth-order valence-corrected chi connectivity index (χ4v) is 8.45. The summed E-state index contributed by atoms with van der Waals surface area (Å²) in [6, 6.07) is 0. The van der Waals surface area contributed by atoms with E-state index in [2.05, 4.69) is 13.8 Å². The molecule has 11 atom stereocenters. The van der Waals surface area contributed by atoms with Crippen molar-refractivity contribution in [1.29, 1.82) is 0 Å². The molecule has 2 saturated heterocycles. The van der Waals surface area contributed by atoms with Crippen LogP contribution in [0.4, 0.5) is 0 Å². The first-order chi connectivity index (χ1) is 27.8. The largest absolute Gasteiger partial charge is 0.394 e. The molecule has 0 saturated carbocycles. The second-order valence-corrected chi connectivity index (χ2v) is 17.4. The van der Waals surface area contributed by atoms with Gasteiger partial charge in [-0.3, -0.25) is 0 Å². The highest BCUT2D eigenvalue weighted by atomic mass is 16.7. The Labute approximate surface area is 347 Å². The molecule has 0 radical (unpaired) electrons. The van der Waals surface area contributed by atoms with E-state index >= 15 is 0 Å². The minimum Gasteiger partial charge on any atom is -0.394 e. The Morgan fingerprint density at radius 1 is 0.386 bits per heavy atom. The van der Waals surface area contributed by atoms with E-state index in [-0.39, 0.29) is 6.10 Å². The van der Waals surface area contributed by atoms with Crippen molar-refractivity contribution in [1.82, 2.24) is 0 Å². The fraction of sp³-hybridized carbons (Fsp3) is 1.00. The number of hydrogen-bond donors (Lipinski definition) is 7. The Kier molecular flexibility index (Phi) is 31.6. The van der Waals surface area contributed by atoms with E-state index in [0.29, 0.717) is 0 Å². The molecule has 57 heavy (non-hydrogen) atoms. The standard InChI is InChI=1S/C46H90O11/c1-3-5-7-9-11-13-15-17-19-21-23-25-27-29-31-33-36(32-30-28-26-24-22-20-18-16-14-12-10-8-6-4-2)54-45-43(53)41(51)44(38(35-48)56-45)57-46-42(52)40(50)39(49)37(34-47)55-46/h36-53H,3-35H2,1-2H3. The lowest BCUT2D eigenvalue weighted by molar-refractivity contribution is -0.363. The maximum Gasteiger partial charge on any atom is 0.187 e. The second-order valence-electron chi connectivity index (χ2n) is 17.4. The molecule has 11 heteroatoms. The monoisotopic (exact) mass is 819 g/mol. The highest BCUT2D eigenvalue weighted by molar-refractivity contribution is 4.94. The van der Waals surface area contributed by atoms with Gasteiger partial charge in [0.2, 0.25) is 0 Å². The van der Waals surface area contributed by atoms with Crippen LogP contribution in [-0.4, -0.2) is 116 Å². The average Bonchev–Trinajstić information content (AvgIpc) is 3.21. The van der Waals surface area contributed by atoms with Crippen LogP contribution in [0.25, 0.3) is 0 Å². The molecule has 2 heterocycles. The Morgan fingerprint density at radius 2 is 0.719 bits per heavy atom. The van der Waals surface area contributed by atoms with Crippen LogP contribution >= 0.6 is 0 Å². The van der Waals surface area contributed by atoms with E-state index in [0.717, 1.165) is 38.5 Å². The van der Waals surface area contributed by atoms with Crippen LogP contribution in [0.1, 0.15) is 213 Å². The maximum absolute atomic E-state index is 11.2. The number of ether oxygens (including phenoxy) is 4. The van der Waals surface area contributed by atoms with Gasteiger partial charge in [-0.1, -0.05) is 200 Å². The van der Waals surface area contributed by atoms with E-state index in [4.69, 9.17) is 18.9 Å². The number of hydrogen-bond acceptors (Lipinski definition) is 11. The zero-order chi connectivity index (χ0) is 41.5. The molecule has 2 aliphatic heterocycles. The van der Waals surface area contributed by atoms with Gasteiger partial charge >= 0.3 is 0 Å². The molecule has 11 nitrogen and oxygen atoms in total. The Bertz CT molecular complexity index is 894. The summed E-state index contributed by atoms with van der Waals surface area (Å²) in [5, 5.41) is 72.9. The second kappa shape index (κ2) is 34.2. The molecule has 2 aliphatic rings. The average molecular weight is 819 g/mol. The molecular formula is C46H90O11. The van der Waals surface area contributed by atoms with Crippen molar-refractivity contribution in [3.63, 3.8) is 0 Å². The third kappa shape index (κ3) is 22.3.